The summed E-state index contributed by atoms with van der Waals surface area (Å²) in [6.07, 6.45) is 0. The standard InChI is InChI=1S/C13H31NP2/c1-11(2,3)15(10)14-16(12(4,5)6)13(7,8)9/h14H,1-10H3/t15-/m1/s1. The van der Waals surface area contributed by atoms with Gasteiger partial charge in [-0.15, -0.1) is 0 Å². The third kappa shape index (κ3) is 5.44. The highest BCUT2D eigenvalue weighted by Gasteiger charge is 2.37. The van der Waals surface area contributed by atoms with Crippen LogP contribution < -0.4 is 4.86 Å². The second-order valence-corrected chi connectivity index (χ2v) is 14.1. The smallest absolute Gasteiger partial charge is 0.00417 e. The summed E-state index contributed by atoms with van der Waals surface area (Å²) in [4.78, 5) is 3.97. The van der Waals surface area contributed by atoms with Gasteiger partial charge in [0.25, 0.3) is 0 Å². The minimum Gasteiger partial charge on any atom is -0.272 e. The van der Waals surface area contributed by atoms with Crippen LogP contribution in [0.15, 0.2) is 0 Å². The molecule has 1 N–H and O–H groups in total. The summed E-state index contributed by atoms with van der Waals surface area (Å²) in [6.45, 7) is 23.6. The van der Waals surface area contributed by atoms with Gasteiger partial charge in [-0.05, 0) is 38.3 Å². The summed E-state index contributed by atoms with van der Waals surface area (Å²) in [7, 11) is -0.278. The molecule has 16 heavy (non-hydrogen) atoms. The first kappa shape index (κ1) is 16.8. The van der Waals surface area contributed by atoms with Gasteiger partial charge in [-0.25, -0.2) is 0 Å². The molecule has 0 saturated heterocycles. The van der Waals surface area contributed by atoms with Crippen LogP contribution in [0.4, 0.5) is 0 Å². The zero-order valence-electron chi connectivity index (χ0n) is 12.9. The van der Waals surface area contributed by atoms with Gasteiger partial charge in [0.2, 0.25) is 0 Å². The van der Waals surface area contributed by atoms with E-state index in [0.717, 1.165) is 0 Å². The van der Waals surface area contributed by atoms with E-state index < -0.39 is 0 Å². The molecule has 0 unspecified atom stereocenters. The van der Waals surface area contributed by atoms with Crippen molar-refractivity contribution in [3.8, 4) is 0 Å². The van der Waals surface area contributed by atoms with Crippen LogP contribution in [0.25, 0.3) is 0 Å². The highest BCUT2D eigenvalue weighted by molar-refractivity contribution is 7.72. The molecule has 1 nitrogen and oxygen atoms in total. The predicted molar refractivity (Wildman–Crippen MR) is 82.2 cm³/mol. The van der Waals surface area contributed by atoms with Crippen molar-refractivity contribution in [2.45, 2.75) is 77.8 Å². The Bertz CT molecular complexity index is 204. The lowest BCUT2D eigenvalue weighted by atomic mass is 10.2. The van der Waals surface area contributed by atoms with E-state index in [4.69, 9.17) is 0 Å². The van der Waals surface area contributed by atoms with Gasteiger partial charge in [-0.1, -0.05) is 62.3 Å². The Labute approximate surface area is 106 Å². The van der Waals surface area contributed by atoms with Gasteiger partial charge in [0, 0.05) is 0 Å². The lowest BCUT2D eigenvalue weighted by molar-refractivity contribution is 0.698. The van der Waals surface area contributed by atoms with Crippen molar-refractivity contribution in [2.24, 2.45) is 0 Å². The first-order valence-corrected chi connectivity index (χ1v) is 9.20. The number of hydrogen-bond donors (Lipinski definition) is 1. The van der Waals surface area contributed by atoms with E-state index in [9.17, 15) is 0 Å². The van der Waals surface area contributed by atoms with E-state index >= 15 is 0 Å². The molecule has 0 heterocycles. The van der Waals surface area contributed by atoms with Crippen LogP contribution in [0.2, 0.25) is 0 Å². The van der Waals surface area contributed by atoms with E-state index in [-0.39, 0.29) is 16.1 Å². The van der Waals surface area contributed by atoms with Crippen LogP contribution in [0.1, 0.15) is 62.3 Å². The summed E-state index contributed by atoms with van der Waals surface area (Å²) in [5.41, 5.74) is 0. The van der Waals surface area contributed by atoms with Gasteiger partial charge in [-0.2, -0.15) is 0 Å². The fraction of sp³-hybridized carbons (Fsp3) is 1.00. The van der Waals surface area contributed by atoms with E-state index in [2.05, 4.69) is 73.8 Å². The molecule has 1 atom stereocenters. The summed E-state index contributed by atoms with van der Waals surface area (Å²) in [5, 5.41) is 1.14. The molecule has 0 aromatic heterocycles. The first-order valence-electron chi connectivity index (χ1n) is 6.07. The molecule has 0 aliphatic carbocycles. The molecular weight excluding hydrogens is 232 g/mol. The molecule has 98 valence electrons. The Kier molecular flexibility index (Phi) is 5.48. The molecule has 0 amide bonds. The SMILES string of the molecule is C[P@@](NP(C(C)(C)C)C(C)(C)C)C(C)(C)C. The van der Waals surface area contributed by atoms with Crippen LogP contribution in [0, 0.1) is 0 Å². The maximum atomic E-state index is 3.97. The van der Waals surface area contributed by atoms with Crippen molar-refractivity contribution < 1.29 is 0 Å². The lowest BCUT2D eigenvalue weighted by Gasteiger charge is -2.45. The molecule has 0 spiro atoms. The molecule has 0 aliphatic heterocycles. The van der Waals surface area contributed by atoms with Gasteiger partial charge < -0.3 is 0 Å². The maximum absolute atomic E-state index is 3.97. The zero-order valence-corrected chi connectivity index (χ0v) is 14.7. The summed E-state index contributed by atoms with van der Waals surface area (Å²) >= 11 is 0. The van der Waals surface area contributed by atoms with Crippen LogP contribution in [0.5, 0.6) is 0 Å². The zero-order chi connectivity index (χ0) is 13.4. The van der Waals surface area contributed by atoms with Crippen molar-refractivity contribution in [1.82, 2.24) is 4.86 Å². The van der Waals surface area contributed by atoms with Crippen molar-refractivity contribution in [3.05, 3.63) is 0 Å². The third-order valence-electron chi connectivity index (χ3n) is 2.60. The van der Waals surface area contributed by atoms with Gasteiger partial charge in [-0.3, -0.25) is 4.86 Å². The second-order valence-electron chi connectivity index (χ2n) is 7.51. The minimum atomic E-state index is -0.168. The quantitative estimate of drug-likeness (QED) is 0.658. The third-order valence-corrected chi connectivity index (χ3v) is 9.29. The Morgan fingerprint density at radius 2 is 0.938 bits per heavy atom. The average Bonchev–Trinajstić information content (AvgIpc) is 1.92. The summed E-state index contributed by atoms with van der Waals surface area (Å²) in [5.74, 6) is 0. The topological polar surface area (TPSA) is 12.0 Å². The Balaban J connectivity index is 4.85. The lowest BCUT2D eigenvalue weighted by Crippen LogP contribution is -2.33. The van der Waals surface area contributed by atoms with E-state index in [0.29, 0.717) is 15.5 Å². The van der Waals surface area contributed by atoms with Gasteiger partial charge in [0.05, 0.1) is 0 Å². The van der Waals surface area contributed by atoms with E-state index in [1.54, 1.807) is 0 Å². The maximum Gasteiger partial charge on any atom is -0.00417 e. The molecule has 0 saturated carbocycles. The highest BCUT2D eigenvalue weighted by Crippen LogP contribution is 2.62. The van der Waals surface area contributed by atoms with Crippen molar-refractivity contribution in [1.29, 1.82) is 0 Å². The number of hydrogen-bond acceptors (Lipinski definition) is 1. The largest absolute Gasteiger partial charge is 0.272 e. The first-order chi connectivity index (χ1) is 6.76. The fourth-order valence-electron chi connectivity index (χ4n) is 1.61. The molecule has 3 heteroatoms. The van der Waals surface area contributed by atoms with E-state index in [1.807, 2.05) is 0 Å². The normalized spacial score (nSPS) is 16.7. The van der Waals surface area contributed by atoms with Gasteiger partial charge in [0.1, 0.15) is 0 Å². The molecule has 0 aromatic rings. The molecule has 0 bridgehead atoms. The molecule has 0 radical (unpaired) electrons. The van der Waals surface area contributed by atoms with Gasteiger partial charge >= 0.3 is 0 Å². The monoisotopic (exact) mass is 263 g/mol. The molecule has 0 fully saturated rings. The number of rotatable bonds is 2. The van der Waals surface area contributed by atoms with E-state index in [1.165, 1.54) is 0 Å². The van der Waals surface area contributed by atoms with Gasteiger partial charge in [0.15, 0.2) is 0 Å². The van der Waals surface area contributed by atoms with Crippen molar-refractivity contribution >= 4 is 16.1 Å². The Morgan fingerprint density at radius 3 is 1.12 bits per heavy atom. The molecule has 0 rings (SSSR count). The fourth-order valence-corrected chi connectivity index (χ4v) is 8.42. The average molecular weight is 263 g/mol. The minimum absolute atomic E-state index is 0.111. The van der Waals surface area contributed by atoms with Crippen molar-refractivity contribution in [2.75, 3.05) is 6.66 Å². The predicted octanol–water partition coefficient (Wildman–Crippen LogP) is 5.40. The molecule has 0 aliphatic rings. The second kappa shape index (κ2) is 5.21. The Hall–Kier alpha value is 0.820. The summed E-state index contributed by atoms with van der Waals surface area (Å²) in [6, 6.07) is 0. The Morgan fingerprint density at radius 1 is 0.625 bits per heavy atom. The highest BCUT2D eigenvalue weighted by atomic mass is 31.2. The number of nitrogens with one attached hydrogen (secondary N) is 1. The van der Waals surface area contributed by atoms with Crippen LogP contribution >= 0.6 is 16.1 Å². The van der Waals surface area contributed by atoms with Crippen LogP contribution in [-0.4, -0.2) is 22.1 Å². The van der Waals surface area contributed by atoms with Crippen LogP contribution in [-0.2, 0) is 0 Å². The summed E-state index contributed by atoms with van der Waals surface area (Å²) < 4.78 is 0. The van der Waals surface area contributed by atoms with Crippen molar-refractivity contribution in [3.63, 3.8) is 0 Å². The van der Waals surface area contributed by atoms with Crippen LogP contribution in [0.3, 0.4) is 0 Å². The molecule has 0 aromatic carbocycles. The molecular formula is C13H31NP2.